The van der Waals surface area contributed by atoms with Gasteiger partial charge in [0, 0.05) is 41.0 Å². The molecule has 1 aromatic heterocycles. The van der Waals surface area contributed by atoms with Gasteiger partial charge in [-0.2, -0.15) is 0 Å². The summed E-state index contributed by atoms with van der Waals surface area (Å²) in [5, 5.41) is 5.46. The fourth-order valence-corrected chi connectivity index (χ4v) is 6.83. The first-order valence-electron chi connectivity index (χ1n) is 13.4. The molecule has 1 heterocycles. The number of hydrogen-bond donors (Lipinski definition) is 1. The predicted molar refractivity (Wildman–Crippen MR) is 156 cm³/mol. The Bertz CT molecular complexity index is 1220. The molecule has 37 heavy (non-hydrogen) atoms. The molecule has 3 aromatic rings. The Morgan fingerprint density at radius 1 is 0.838 bits per heavy atom. The van der Waals surface area contributed by atoms with Crippen LogP contribution in [0.4, 0.5) is 0 Å². The van der Waals surface area contributed by atoms with Crippen molar-refractivity contribution in [1.29, 1.82) is 0 Å². The van der Waals surface area contributed by atoms with Gasteiger partial charge < -0.3 is 23.2 Å². The van der Waals surface area contributed by atoms with Crippen LogP contribution in [0.3, 0.4) is 0 Å². The molecule has 0 radical (unpaired) electrons. The highest BCUT2D eigenvalue weighted by Gasteiger charge is 2.30. The van der Waals surface area contributed by atoms with Gasteiger partial charge in [0.25, 0.3) is 0 Å². The number of nitrogens with one attached hydrogen (secondary N) is 1. The van der Waals surface area contributed by atoms with E-state index in [4.69, 9.17) is 17.9 Å². The van der Waals surface area contributed by atoms with E-state index in [1.165, 1.54) is 12.8 Å². The third-order valence-electron chi connectivity index (χ3n) is 7.68. The van der Waals surface area contributed by atoms with Gasteiger partial charge in [-0.25, -0.2) is 4.67 Å². The molecule has 6 nitrogen and oxygen atoms in total. The number of nitrogens with zero attached hydrogens (tertiary/aromatic N) is 1. The van der Waals surface area contributed by atoms with E-state index >= 15 is 0 Å². The maximum absolute atomic E-state index is 6.97. The topological polar surface area (TPSA) is 60.0 Å². The maximum atomic E-state index is 6.97. The van der Waals surface area contributed by atoms with Gasteiger partial charge in [0.15, 0.2) is 0 Å². The minimum atomic E-state index is -1.41. The van der Waals surface area contributed by atoms with Gasteiger partial charge in [-0.05, 0) is 61.4 Å². The molecule has 0 bridgehead atoms. The third-order valence-corrected chi connectivity index (χ3v) is 9.20. The van der Waals surface area contributed by atoms with E-state index in [1.807, 2.05) is 0 Å². The zero-order chi connectivity index (χ0) is 27.1. The summed E-state index contributed by atoms with van der Waals surface area (Å²) in [5.74, 6) is 1.61. The molecule has 1 saturated carbocycles. The van der Waals surface area contributed by atoms with E-state index < -0.39 is 8.16 Å². The number of hydrogen-bond acceptors (Lipinski definition) is 6. The first-order chi connectivity index (χ1) is 17.4. The number of rotatable bonds is 5. The average molecular weight is 529 g/mol. The molecule has 2 aromatic carbocycles. The maximum Gasteiger partial charge on any atom is 0.309 e. The second-order valence-electron chi connectivity index (χ2n) is 12.4. The summed E-state index contributed by atoms with van der Waals surface area (Å²) in [6.45, 7) is 13.3. The highest BCUT2D eigenvalue weighted by Crippen LogP contribution is 2.46. The molecule has 1 fully saturated rings. The third kappa shape index (κ3) is 5.67. The molecular weight excluding hydrogens is 483 g/mol. The number of benzene rings is 2. The predicted octanol–water partition coefficient (Wildman–Crippen LogP) is 8.00. The molecule has 4 rings (SSSR count). The average Bonchev–Trinajstić information content (AvgIpc) is 3.02. The lowest BCUT2D eigenvalue weighted by molar-refractivity contribution is 0.351. The van der Waals surface area contributed by atoms with Crippen molar-refractivity contribution in [2.75, 3.05) is 33.0 Å². The van der Waals surface area contributed by atoms with Crippen molar-refractivity contribution in [3.63, 3.8) is 0 Å². The van der Waals surface area contributed by atoms with Crippen LogP contribution in [0.5, 0.6) is 11.5 Å². The Morgan fingerprint density at radius 3 is 1.73 bits per heavy atom. The highest BCUT2D eigenvalue weighted by atomic mass is 31.1. The monoisotopic (exact) mass is 528 g/mol. The Hall–Kier alpha value is -2.14. The van der Waals surface area contributed by atoms with Crippen molar-refractivity contribution < 1.29 is 17.9 Å². The number of fused-ring (bicyclic) bond motifs is 3. The van der Waals surface area contributed by atoms with Crippen molar-refractivity contribution in [2.24, 2.45) is 0 Å². The van der Waals surface area contributed by atoms with E-state index in [1.54, 1.807) is 14.2 Å². The Labute approximate surface area is 223 Å². The smallest absolute Gasteiger partial charge is 0.309 e. The first-order valence-corrected chi connectivity index (χ1v) is 14.5. The molecule has 0 amide bonds. The fourth-order valence-electron chi connectivity index (χ4n) is 5.35. The van der Waals surface area contributed by atoms with E-state index in [2.05, 4.69) is 89.9 Å². The van der Waals surface area contributed by atoms with E-state index in [-0.39, 0.29) is 10.8 Å². The molecule has 0 unspecified atom stereocenters. The summed E-state index contributed by atoms with van der Waals surface area (Å²) >= 11 is 0. The minimum Gasteiger partial charge on any atom is -0.497 e. The van der Waals surface area contributed by atoms with Crippen LogP contribution in [0.25, 0.3) is 21.9 Å². The molecular formula is C30H45N2O4P. The number of ether oxygens (including phenoxy) is 2. The van der Waals surface area contributed by atoms with Gasteiger partial charge in [0.05, 0.1) is 14.2 Å². The molecule has 0 aliphatic heterocycles. The van der Waals surface area contributed by atoms with Crippen molar-refractivity contribution in [3.05, 3.63) is 35.4 Å². The molecule has 2 atom stereocenters. The van der Waals surface area contributed by atoms with Crippen LogP contribution in [0, 0.1) is 0 Å². The summed E-state index contributed by atoms with van der Waals surface area (Å²) in [6.07, 6.45) is 4.64. The summed E-state index contributed by atoms with van der Waals surface area (Å²) < 4.78 is 27.9. The van der Waals surface area contributed by atoms with E-state index in [0.717, 1.165) is 57.4 Å². The van der Waals surface area contributed by atoms with Crippen LogP contribution in [-0.2, 0) is 10.8 Å². The van der Waals surface area contributed by atoms with Gasteiger partial charge >= 0.3 is 8.16 Å². The van der Waals surface area contributed by atoms with Gasteiger partial charge in [-0.15, -0.1) is 0 Å². The lowest BCUT2D eigenvalue weighted by Crippen LogP contribution is -2.40. The van der Waals surface area contributed by atoms with Gasteiger partial charge in [-0.3, -0.25) is 0 Å². The van der Waals surface area contributed by atoms with Crippen LogP contribution in [0.15, 0.2) is 32.7 Å². The Morgan fingerprint density at radius 2 is 1.32 bits per heavy atom. The lowest BCUT2D eigenvalue weighted by atomic mass is 9.84. The fraction of sp³-hybridized carbons (Fsp3) is 0.600. The molecule has 0 spiro atoms. The zero-order valence-corrected chi connectivity index (χ0v) is 25.2. The van der Waals surface area contributed by atoms with E-state index in [9.17, 15) is 0 Å². The summed E-state index contributed by atoms with van der Waals surface area (Å²) in [7, 11) is 6.26. The largest absolute Gasteiger partial charge is 0.497 e. The minimum absolute atomic E-state index is 0.156. The Balaban J connectivity index is 2.15. The Kier molecular flexibility index (Phi) is 7.95. The highest BCUT2D eigenvalue weighted by molar-refractivity contribution is 7.39. The molecule has 1 aliphatic carbocycles. The summed E-state index contributed by atoms with van der Waals surface area (Å²) in [5.41, 5.74) is 3.65. The molecule has 0 saturated heterocycles. The van der Waals surface area contributed by atoms with Gasteiger partial charge in [0.1, 0.15) is 22.7 Å². The molecule has 7 heteroatoms. The van der Waals surface area contributed by atoms with Crippen LogP contribution in [0.2, 0.25) is 0 Å². The van der Waals surface area contributed by atoms with Crippen LogP contribution in [0.1, 0.15) is 78.4 Å². The summed E-state index contributed by atoms with van der Waals surface area (Å²) in [6, 6.07) is 9.28. The standard InChI is InChI=1S/C30H45N2O4P/c1-29(2,3)25-17-21(33-9)15-23-24-16-22(34-10)18-26(30(4,5)6)28(24)36-37(35-27(23)25)32(8)20-13-11-12-19(14-20)31-7/h15-20,31H,11-14H2,1-10H3/t19-,20-/m1/s1. The second-order valence-corrected chi connectivity index (χ2v) is 13.9. The van der Waals surface area contributed by atoms with E-state index in [0.29, 0.717) is 12.1 Å². The zero-order valence-electron chi connectivity index (χ0n) is 24.3. The van der Waals surface area contributed by atoms with Crippen LogP contribution in [-0.4, -0.2) is 40.4 Å². The number of methoxy groups -OCH3 is 2. The summed E-state index contributed by atoms with van der Waals surface area (Å²) in [4.78, 5) is 0. The van der Waals surface area contributed by atoms with Crippen LogP contribution < -0.4 is 19.5 Å². The van der Waals surface area contributed by atoms with Crippen molar-refractivity contribution >= 4 is 30.1 Å². The van der Waals surface area contributed by atoms with Crippen molar-refractivity contribution in [1.82, 2.24) is 5.32 Å². The second kappa shape index (κ2) is 10.6. The normalized spacial score (nSPS) is 19.0. The van der Waals surface area contributed by atoms with Gasteiger partial charge in [0.2, 0.25) is 0 Å². The van der Waals surface area contributed by atoms with Crippen molar-refractivity contribution in [3.8, 4) is 11.5 Å². The van der Waals surface area contributed by atoms with Gasteiger partial charge in [-0.1, -0.05) is 48.0 Å². The quantitative estimate of drug-likeness (QED) is 0.362. The lowest BCUT2D eigenvalue weighted by Gasteiger charge is -2.33. The van der Waals surface area contributed by atoms with Crippen molar-refractivity contribution in [2.45, 2.75) is 90.1 Å². The molecule has 1 aliphatic rings. The molecule has 204 valence electrons. The molecule has 1 N–H and O–H groups in total. The SMILES string of the molecule is CN[C@@H]1CCC[C@@H](N(C)p2oc3c(C(C)(C)C)cc(OC)cc3c3cc(OC)cc(C(C)(C)C)c3o2)C1. The van der Waals surface area contributed by atoms with Crippen LogP contribution >= 0.6 is 8.16 Å². The first kappa shape index (κ1) is 27.9.